The number of esters is 1. The van der Waals surface area contributed by atoms with Crippen LogP contribution in [0.3, 0.4) is 0 Å². The Labute approximate surface area is 155 Å². The molecular formula is C17H22N4O4S. The number of anilines is 1. The van der Waals surface area contributed by atoms with Crippen molar-refractivity contribution in [1.82, 2.24) is 9.78 Å². The van der Waals surface area contributed by atoms with Gasteiger partial charge in [0.25, 0.3) is 11.8 Å². The van der Waals surface area contributed by atoms with Crippen molar-refractivity contribution < 1.29 is 19.1 Å². The summed E-state index contributed by atoms with van der Waals surface area (Å²) < 4.78 is 6.78. The summed E-state index contributed by atoms with van der Waals surface area (Å²) in [6.45, 7) is 7.23. The van der Waals surface area contributed by atoms with Gasteiger partial charge < -0.3 is 15.8 Å². The Kier molecular flexibility index (Phi) is 5.81. The number of rotatable bonds is 6. The van der Waals surface area contributed by atoms with Crippen molar-refractivity contribution in [2.75, 3.05) is 11.9 Å². The van der Waals surface area contributed by atoms with Crippen LogP contribution in [0, 0.1) is 20.8 Å². The fourth-order valence-corrected chi connectivity index (χ4v) is 3.66. The highest BCUT2D eigenvalue weighted by Crippen LogP contribution is 2.34. The van der Waals surface area contributed by atoms with Gasteiger partial charge in [-0.2, -0.15) is 5.10 Å². The zero-order chi connectivity index (χ0) is 19.6. The van der Waals surface area contributed by atoms with E-state index >= 15 is 0 Å². The highest BCUT2D eigenvalue weighted by Gasteiger charge is 2.27. The summed E-state index contributed by atoms with van der Waals surface area (Å²) in [6, 6.07) is 0. The molecule has 3 N–H and O–H groups in total. The van der Waals surface area contributed by atoms with E-state index in [9.17, 15) is 14.4 Å². The van der Waals surface area contributed by atoms with Gasteiger partial charge in [0.05, 0.1) is 28.3 Å². The number of amides is 2. The minimum Gasteiger partial charge on any atom is -0.462 e. The van der Waals surface area contributed by atoms with Crippen molar-refractivity contribution in [3.8, 4) is 0 Å². The summed E-state index contributed by atoms with van der Waals surface area (Å²) in [4.78, 5) is 37.0. The number of nitrogens with one attached hydrogen (secondary N) is 1. The number of carbonyl (C=O) groups excluding carboxylic acids is 3. The molecule has 0 aliphatic rings. The lowest BCUT2D eigenvalue weighted by Gasteiger charge is -2.08. The third-order valence-corrected chi connectivity index (χ3v) is 5.20. The normalized spacial score (nSPS) is 10.7. The Hall–Kier alpha value is -2.68. The largest absolute Gasteiger partial charge is 0.462 e. The number of ether oxygens (including phenoxy) is 1. The zero-order valence-electron chi connectivity index (χ0n) is 15.4. The lowest BCUT2D eigenvalue weighted by atomic mass is 10.1. The van der Waals surface area contributed by atoms with Crippen LogP contribution in [-0.4, -0.2) is 34.2 Å². The fraction of sp³-hybridized carbons (Fsp3) is 0.412. The first-order chi connectivity index (χ1) is 12.2. The van der Waals surface area contributed by atoms with Gasteiger partial charge in [-0.3, -0.25) is 14.3 Å². The molecule has 140 valence electrons. The van der Waals surface area contributed by atoms with Crippen LogP contribution < -0.4 is 11.1 Å². The molecule has 0 saturated heterocycles. The van der Waals surface area contributed by atoms with Crippen LogP contribution in [-0.2, 0) is 11.8 Å². The Morgan fingerprint density at radius 2 is 1.88 bits per heavy atom. The Morgan fingerprint density at radius 1 is 1.23 bits per heavy atom. The van der Waals surface area contributed by atoms with Gasteiger partial charge in [0, 0.05) is 12.7 Å². The maximum atomic E-state index is 12.7. The molecule has 0 spiro atoms. The molecule has 26 heavy (non-hydrogen) atoms. The molecule has 0 fully saturated rings. The number of thiophene rings is 1. The van der Waals surface area contributed by atoms with Gasteiger partial charge in [-0.15, -0.1) is 11.3 Å². The van der Waals surface area contributed by atoms with Crippen LogP contribution in [0.5, 0.6) is 0 Å². The Balaban J connectivity index is 2.44. The highest BCUT2D eigenvalue weighted by atomic mass is 32.1. The predicted octanol–water partition coefficient (Wildman–Crippen LogP) is 2.32. The fourth-order valence-electron chi connectivity index (χ4n) is 2.62. The Bertz CT molecular complexity index is 882. The van der Waals surface area contributed by atoms with Crippen LogP contribution in [0.2, 0.25) is 0 Å². The van der Waals surface area contributed by atoms with Gasteiger partial charge in [0.1, 0.15) is 5.00 Å². The third-order valence-electron chi connectivity index (χ3n) is 3.98. The number of primary amides is 1. The first kappa shape index (κ1) is 19.6. The standard InChI is InChI=1S/C17H22N4O4S/c1-6-7-25-17(24)11-8(2)13(14(18)22)26-16(11)19-15(23)12-9(3)20-21(5)10(12)4/h6-7H2,1-5H3,(H2,18,22)(H,19,23). The van der Waals surface area contributed by atoms with Crippen molar-refractivity contribution in [3.63, 3.8) is 0 Å². The van der Waals surface area contributed by atoms with Crippen LogP contribution >= 0.6 is 11.3 Å². The van der Waals surface area contributed by atoms with Crippen LogP contribution in [0.4, 0.5) is 5.00 Å². The molecular weight excluding hydrogens is 356 g/mol. The maximum Gasteiger partial charge on any atom is 0.341 e. The molecule has 0 radical (unpaired) electrons. The zero-order valence-corrected chi connectivity index (χ0v) is 16.2. The average molecular weight is 378 g/mol. The van der Waals surface area contributed by atoms with Crippen molar-refractivity contribution in [2.45, 2.75) is 34.1 Å². The van der Waals surface area contributed by atoms with Gasteiger partial charge in [0.15, 0.2) is 0 Å². The summed E-state index contributed by atoms with van der Waals surface area (Å²) in [6.07, 6.45) is 0.660. The topological polar surface area (TPSA) is 116 Å². The van der Waals surface area contributed by atoms with Crippen LogP contribution in [0.15, 0.2) is 0 Å². The number of carbonyl (C=O) groups is 3. The number of hydrogen-bond donors (Lipinski definition) is 2. The number of aryl methyl sites for hydroxylation is 2. The van der Waals surface area contributed by atoms with Gasteiger partial charge in [0.2, 0.25) is 0 Å². The summed E-state index contributed by atoms with van der Waals surface area (Å²) in [5.74, 6) is -1.66. The summed E-state index contributed by atoms with van der Waals surface area (Å²) in [5, 5.41) is 7.17. The molecule has 2 heterocycles. The quantitative estimate of drug-likeness (QED) is 0.748. The second-order valence-electron chi connectivity index (χ2n) is 5.88. The van der Waals surface area contributed by atoms with Crippen molar-refractivity contribution in [1.29, 1.82) is 0 Å². The van der Waals surface area contributed by atoms with E-state index < -0.39 is 17.8 Å². The van der Waals surface area contributed by atoms with Crippen molar-refractivity contribution in [3.05, 3.63) is 33.0 Å². The van der Waals surface area contributed by atoms with E-state index in [2.05, 4.69) is 10.4 Å². The number of nitrogens with zero attached hydrogens (tertiary/aromatic N) is 2. The monoisotopic (exact) mass is 378 g/mol. The van der Waals surface area contributed by atoms with Crippen molar-refractivity contribution >= 4 is 34.1 Å². The smallest absolute Gasteiger partial charge is 0.341 e. The highest BCUT2D eigenvalue weighted by molar-refractivity contribution is 7.18. The van der Waals surface area contributed by atoms with E-state index in [1.165, 1.54) is 0 Å². The van der Waals surface area contributed by atoms with Gasteiger partial charge in [-0.25, -0.2) is 4.79 Å². The van der Waals surface area contributed by atoms with Gasteiger partial charge in [-0.05, 0) is 32.8 Å². The van der Waals surface area contributed by atoms with Crippen LogP contribution in [0.25, 0.3) is 0 Å². The number of nitrogens with two attached hydrogens (primary N) is 1. The Morgan fingerprint density at radius 3 is 2.38 bits per heavy atom. The second-order valence-corrected chi connectivity index (χ2v) is 6.90. The maximum absolute atomic E-state index is 12.7. The third kappa shape index (κ3) is 3.62. The van der Waals surface area contributed by atoms with E-state index in [0.717, 1.165) is 11.3 Å². The summed E-state index contributed by atoms with van der Waals surface area (Å²) >= 11 is 0.963. The molecule has 0 saturated carbocycles. The molecule has 0 aliphatic carbocycles. The SMILES string of the molecule is CCCOC(=O)c1c(NC(=O)c2c(C)nn(C)c2C)sc(C(N)=O)c1C. The molecule has 2 aromatic rings. The minimum atomic E-state index is -0.661. The van der Waals surface area contributed by atoms with E-state index in [4.69, 9.17) is 10.5 Å². The van der Waals surface area contributed by atoms with Gasteiger partial charge >= 0.3 is 5.97 Å². The number of hydrogen-bond acceptors (Lipinski definition) is 6. The molecule has 8 nitrogen and oxygen atoms in total. The molecule has 0 aliphatic heterocycles. The van der Waals surface area contributed by atoms with E-state index in [1.807, 2.05) is 6.92 Å². The summed E-state index contributed by atoms with van der Waals surface area (Å²) in [5.41, 5.74) is 7.63. The second kappa shape index (κ2) is 7.69. The molecule has 9 heteroatoms. The first-order valence-electron chi connectivity index (χ1n) is 8.10. The first-order valence-corrected chi connectivity index (χ1v) is 8.92. The average Bonchev–Trinajstić information content (AvgIpc) is 3.01. The lowest BCUT2D eigenvalue weighted by molar-refractivity contribution is 0.0506. The molecule has 0 bridgehead atoms. The lowest BCUT2D eigenvalue weighted by Crippen LogP contribution is -2.16. The summed E-state index contributed by atoms with van der Waals surface area (Å²) in [7, 11) is 1.74. The molecule has 2 amide bonds. The van der Waals surface area contributed by atoms with E-state index in [-0.39, 0.29) is 22.0 Å². The molecule has 0 aromatic carbocycles. The predicted molar refractivity (Wildman–Crippen MR) is 98.8 cm³/mol. The van der Waals surface area contributed by atoms with E-state index in [0.29, 0.717) is 28.9 Å². The molecule has 2 rings (SSSR count). The minimum absolute atomic E-state index is 0.157. The van der Waals surface area contributed by atoms with E-state index in [1.54, 1.807) is 32.5 Å². The molecule has 2 aromatic heterocycles. The van der Waals surface area contributed by atoms with Gasteiger partial charge in [-0.1, -0.05) is 6.92 Å². The van der Waals surface area contributed by atoms with Crippen molar-refractivity contribution in [2.24, 2.45) is 12.8 Å². The number of aromatic nitrogens is 2. The van der Waals surface area contributed by atoms with Crippen LogP contribution in [0.1, 0.15) is 60.7 Å². The molecule has 0 atom stereocenters. The molecule has 0 unspecified atom stereocenters.